The SMILES string of the molecule is CCN(CC)C(N)=NCc1nc(C(C)C)c(C)s1. The fraction of sp³-hybridized carbons (Fsp3) is 0.692. The number of aromatic nitrogens is 1. The molecule has 1 aromatic rings. The Labute approximate surface area is 114 Å². The number of nitrogens with two attached hydrogens (primary N) is 1. The molecule has 0 radical (unpaired) electrons. The van der Waals surface area contributed by atoms with Crippen LogP contribution in [0.25, 0.3) is 0 Å². The zero-order valence-electron chi connectivity index (χ0n) is 12.0. The van der Waals surface area contributed by atoms with Crippen LogP contribution in [-0.4, -0.2) is 28.9 Å². The van der Waals surface area contributed by atoms with Crippen LogP contribution in [0.5, 0.6) is 0 Å². The summed E-state index contributed by atoms with van der Waals surface area (Å²) in [5.41, 5.74) is 7.13. The molecular weight excluding hydrogens is 244 g/mol. The Balaban J connectivity index is 2.74. The van der Waals surface area contributed by atoms with Crippen LogP contribution in [0.3, 0.4) is 0 Å². The number of rotatable bonds is 5. The minimum atomic E-state index is 0.471. The number of aryl methyl sites for hydroxylation is 1. The van der Waals surface area contributed by atoms with E-state index in [1.807, 2.05) is 4.90 Å². The van der Waals surface area contributed by atoms with Gasteiger partial charge in [-0.25, -0.2) is 9.98 Å². The van der Waals surface area contributed by atoms with E-state index in [4.69, 9.17) is 5.73 Å². The topological polar surface area (TPSA) is 54.5 Å². The lowest BCUT2D eigenvalue weighted by molar-refractivity contribution is 0.458. The molecule has 5 heteroatoms. The number of aliphatic imine (C=N–C) groups is 1. The largest absolute Gasteiger partial charge is 0.370 e. The molecule has 0 fully saturated rings. The molecule has 0 saturated heterocycles. The van der Waals surface area contributed by atoms with Gasteiger partial charge in [0.05, 0.1) is 12.2 Å². The highest BCUT2D eigenvalue weighted by Crippen LogP contribution is 2.24. The molecule has 0 spiro atoms. The fourth-order valence-electron chi connectivity index (χ4n) is 1.86. The molecule has 0 amide bonds. The van der Waals surface area contributed by atoms with Crippen molar-refractivity contribution in [3.8, 4) is 0 Å². The Morgan fingerprint density at radius 3 is 2.44 bits per heavy atom. The molecule has 0 aliphatic rings. The summed E-state index contributed by atoms with van der Waals surface area (Å²) in [5, 5.41) is 1.05. The van der Waals surface area contributed by atoms with Crippen molar-refractivity contribution in [1.82, 2.24) is 9.88 Å². The molecule has 0 unspecified atom stereocenters. The van der Waals surface area contributed by atoms with E-state index in [-0.39, 0.29) is 0 Å². The van der Waals surface area contributed by atoms with Crippen molar-refractivity contribution >= 4 is 17.3 Å². The average molecular weight is 268 g/mol. The lowest BCUT2D eigenvalue weighted by Gasteiger charge is -2.18. The molecule has 0 aliphatic carbocycles. The Morgan fingerprint density at radius 1 is 1.39 bits per heavy atom. The Morgan fingerprint density at radius 2 is 2.00 bits per heavy atom. The van der Waals surface area contributed by atoms with Gasteiger partial charge in [0, 0.05) is 18.0 Å². The lowest BCUT2D eigenvalue weighted by Crippen LogP contribution is -2.37. The second-order valence-corrected chi connectivity index (χ2v) is 5.84. The van der Waals surface area contributed by atoms with Crippen LogP contribution in [0.15, 0.2) is 4.99 Å². The third kappa shape index (κ3) is 3.70. The van der Waals surface area contributed by atoms with Crippen LogP contribution >= 0.6 is 11.3 Å². The average Bonchev–Trinajstić information content (AvgIpc) is 2.69. The molecule has 0 atom stereocenters. The summed E-state index contributed by atoms with van der Waals surface area (Å²) < 4.78 is 0. The normalized spacial score (nSPS) is 12.2. The monoisotopic (exact) mass is 268 g/mol. The van der Waals surface area contributed by atoms with Crippen molar-refractivity contribution in [3.63, 3.8) is 0 Å². The summed E-state index contributed by atoms with van der Waals surface area (Å²) >= 11 is 1.72. The van der Waals surface area contributed by atoms with Crippen molar-refractivity contribution in [1.29, 1.82) is 0 Å². The first-order valence-electron chi connectivity index (χ1n) is 6.50. The molecule has 0 aliphatic heterocycles. The van der Waals surface area contributed by atoms with Crippen molar-refractivity contribution < 1.29 is 0 Å². The van der Waals surface area contributed by atoms with E-state index >= 15 is 0 Å². The van der Waals surface area contributed by atoms with Gasteiger partial charge in [0.1, 0.15) is 5.01 Å². The van der Waals surface area contributed by atoms with E-state index in [2.05, 4.69) is 44.6 Å². The van der Waals surface area contributed by atoms with Crippen molar-refractivity contribution in [3.05, 3.63) is 15.6 Å². The summed E-state index contributed by atoms with van der Waals surface area (Å²) in [4.78, 5) is 12.4. The quantitative estimate of drug-likeness (QED) is 0.660. The molecule has 102 valence electrons. The highest BCUT2D eigenvalue weighted by molar-refractivity contribution is 7.11. The highest BCUT2D eigenvalue weighted by Gasteiger charge is 2.10. The number of guanidine groups is 1. The van der Waals surface area contributed by atoms with Gasteiger partial charge in [-0.05, 0) is 26.7 Å². The van der Waals surface area contributed by atoms with E-state index in [0.29, 0.717) is 18.4 Å². The van der Waals surface area contributed by atoms with Gasteiger partial charge in [-0.1, -0.05) is 13.8 Å². The second kappa shape index (κ2) is 6.73. The minimum Gasteiger partial charge on any atom is -0.370 e. The van der Waals surface area contributed by atoms with Gasteiger partial charge in [0.2, 0.25) is 0 Å². The molecule has 1 aromatic heterocycles. The first kappa shape index (κ1) is 15.0. The molecule has 1 heterocycles. The third-order valence-electron chi connectivity index (χ3n) is 2.89. The smallest absolute Gasteiger partial charge is 0.191 e. The Kier molecular flexibility index (Phi) is 5.59. The molecule has 18 heavy (non-hydrogen) atoms. The summed E-state index contributed by atoms with van der Waals surface area (Å²) in [6, 6.07) is 0. The first-order chi connectivity index (χ1) is 8.49. The zero-order chi connectivity index (χ0) is 13.7. The number of thiazole rings is 1. The van der Waals surface area contributed by atoms with Crippen molar-refractivity contribution in [2.24, 2.45) is 10.7 Å². The molecule has 0 aromatic carbocycles. The van der Waals surface area contributed by atoms with Gasteiger partial charge < -0.3 is 10.6 Å². The van der Waals surface area contributed by atoms with E-state index in [9.17, 15) is 0 Å². The molecule has 0 bridgehead atoms. The van der Waals surface area contributed by atoms with Crippen LogP contribution < -0.4 is 5.73 Å². The number of hydrogen-bond acceptors (Lipinski definition) is 3. The van der Waals surface area contributed by atoms with Gasteiger partial charge in [-0.2, -0.15) is 0 Å². The highest BCUT2D eigenvalue weighted by atomic mass is 32.1. The van der Waals surface area contributed by atoms with E-state index in [1.54, 1.807) is 11.3 Å². The predicted molar refractivity (Wildman–Crippen MR) is 79.2 cm³/mol. The maximum absolute atomic E-state index is 5.94. The van der Waals surface area contributed by atoms with Gasteiger partial charge in [-0.15, -0.1) is 11.3 Å². The fourth-order valence-corrected chi connectivity index (χ4v) is 2.88. The van der Waals surface area contributed by atoms with Gasteiger partial charge in [0.25, 0.3) is 0 Å². The minimum absolute atomic E-state index is 0.471. The predicted octanol–water partition coefficient (Wildman–Crippen LogP) is 2.73. The molecule has 0 saturated carbocycles. The van der Waals surface area contributed by atoms with Gasteiger partial charge >= 0.3 is 0 Å². The first-order valence-corrected chi connectivity index (χ1v) is 7.32. The standard InChI is InChI=1S/C13H24N4S/c1-6-17(7-2)13(14)15-8-11-16-12(9(3)4)10(5)18-11/h9H,6-8H2,1-5H3,(H2,14,15). The van der Waals surface area contributed by atoms with Crippen LogP contribution in [0.4, 0.5) is 0 Å². The van der Waals surface area contributed by atoms with Crippen molar-refractivity contribution in [2.75, 3.05) is 13.1 Å². The number of hydrogen-bond donors (Lipinski definition) is 1. The zero-order valence-corrected chi connectivity index (χ0v) is 12.8. The van der Waals surface area contributed by atoms with Crippen LogP contribution in [0.2, 0.25) is 0 Å². The molecule has 2 N–H and O–H groups in total. The molecular formula is C13H24N4S. The second-order valence-electron chi connectivity index (χ2n) is 4.55. The summed E-state index contributed by atoms with van der Waals surface area (Å²) in [6.45, 7) is 13.0. The summed E-state index contributed by atoms with van der Waals surface area (Å²) in [6.07, 6.45) is 0. The Bertz CT molecular complexity index is 405. The van der Waals surface area contributed by atoms with E-state index in [1.165, 1.54) is 10.6 Å². The molecule has 1 rings (SSSR count). The van der Waals surface area contributed by atoms with Crippen LogP contribution in [-0.2, 0) is 6.54 Å². The van der Waals surface area contributed by atoms with Crippen LogP contribution in [0, 0.1) is 6.92 Å². The van der Waals surface area contributed by atoms with Crippen LogP contribution in [0.1, 0.15) is 49.2 Å². The van der Waals surface area contributed by atoms with Crippen molar-refractivity contribution in [2.45, 2.75) is 47.1 Å². The third-order valence-corrected chi connectivity index (χ3v) is 3.86. The summed E-state index contributed by atoms with van der Waals surface area (Å²) in [7, 11) is 0. The van der Waals surface area contributed by atoms with E-state index < -0.39 is 0 Å². The lowest BCUT2D eigenvalue weighted by atomic mass is 10.1. The maximum Gasteiger partial charge on any atom is 0.191 e. The molecule has 4 nitrogen and oxygen atoms in total. The van der Waals surface area contributed by atoms with Gasteiger partial charge in [0.15, 0.2) is 5.96 Å². The summed E-state index contributed by atoms with van der Waals surface area (Å²) in [5.74, 6) is 1.08. The number of nitrogens with zero attached hydrogens (tertiary/aromatic N) is 3. The maximum atomic E-state index is 5.94. The van der Waals surface area contributed by atoms with E-state index in [0.717, 1.165) is 18.1 Å². The Hall–Kier alpha value is -1.10. The van der Waals surface area contributed by atoms with Gasteiger partial charge in [-0.3, -0.25) is 0 Å².